The Hall–Kier alpha value is -1.79. The van der Waals surface area contributed by atoms with Crippen molar-refractivity contribution >= 4 is 44.1 Å². The molecule has 3 nitrogen and oxygen atoms in total. The number of fused-ring (bicyclic) bond motifs is 4. The molecular formula is C23H24N2OS2. The number of aliphatic hydroxyl groups excluding tert-OH is 1. The molecule has 0 amide bonds. The first-order valence-corrected chi connectivity index (χ1v) is 11.8. The summed E-state index contributed by atoms with van der Waals surface area (Å²) < 4.78 is 1.44. The number of thiophene rings is 1. The van der Waals surface area contributed by atoms with Crippen LogP contribution >= 0.6 is 23.1 Å². The zero-order valence-corrected chi connectivity index (χ0v) is 17.4. The van der Waals surface area contributed by atoms with Crippen molar-refractivity contribution in [1.29, 1.82) is 0 Å². The van der Waals surface area contributed by atoms with Crippen LogP contribution in [0.25, 0.3) is 21.0 Å². The van der Waals surface area contributed by atoms with Crippen LogP contribution in [-0.4, -0.2) is 33.8 Å². The molecule has 0 aliphatic carbocycles. The first-order chi connectivity index (χ1) is 13.8. The van der Waals surface area contributed by atoms with Gasteiger partial charge in [0.05, 0.1) is 6.61 Å². The third kappa shape index (κ3) is 3.48. The van der Waals surface area contributed by atoms with Crippen molar-refractivity contribution < 1.29 is 5.11 Å². The molecule has 0 saturated carbocycles. The quantitative estimate of drug-likeness (QED) is 0.433. The maximum Gasteiger partial charge on any atom is 0.0682 e. The molecule has 2 aromatic heterocycles. The predicted octanol–water partition coefficient (Wildman–Crippen LogP) is 5.17. The standard InChI is InChI=1S/C23H24N2OS2/c26-14-16-5-6-21-20(11-16)17(12-24-21)15-27-10-9-25-8-7-19-18-3-1-2-4-22(18)28-23(19)13-25/h1-6,11-12,24,26H,7-10,13-15H2. The average molecular weight is 409 g/mol. The van der Waals surface area contributed by atoms with E-state index < -0.39 is 0 Å². The van der Waals surface area contributed by atoms with Gasteiger partial charge in [-0.1, -0.05) is 24.3 Å². The number of hydrogen-bond acceptors (Lipinski definition) is 4. The Morgan fingerprint density at radius 1 is 1.14 bits per heavy atom. The summed E-state index contributed by atoms with van der Waals surface area (Å²) in [6.45, 7) is 3.51. The van der Waals surface area contributed by atoms with Gasteiger partial charge in [-0.2, -0.15) is 11.8 Å². The lowest BCUT2D eigenvalue weighted by Crippen LogP contribution is -2.31. The number of benzene rings is 2. The Morgan fingerprint density at radius 2 is 2.07 bits per heavy atom. The minimum atomic E-state index is 0.0996. The number of thioether (sulfide) groups is 1. The highest BCUT2D eigenvalue weighted by Gasteiger charge is 2.20. The lowest BCUT2D eigenvalue weighted by Gasteiger charge is -2.26. The number of rotatable bonds is 6. The van der Waals surface area contributed by atoms with Crippen molar-refractivity contribution in [3.63, 3.8) is 0 Å². The summed E-state index contributed by atoms with van der Waals surface area (Å²) >= 11 is 3.97. The summed E-state index contributed by atoms with van der Waals surface area (Å²) in [5, 5.41) is 12.1. The molecule has 5 rings (SSSR count). The maximum absolute atomic E-state index is 9.38. The molecule has 144 valence electrons. The molecule has 0 spiro atoms. The summed E-state index contributed by atoms with van der Waals surface area (Å²) in [6.07, 6.45) is 3.29. The normalized spacial score (nSPS) is 14.8. The molecular weight excluding hydrogens is 384 g/mol. The molecule has 0 bridgehead atoms. The number of hydrogen-bond donors (Lipinski definition) is 2. The number of nitrogens with one attached hydrogen (secondary N) is 1. The molecule has 28 heavy (non-hydrogen) atoms. The van der Waals surface area contributed by atoms with E-state index in [4.69, 9.17) is 0 Å². The Bertz CT molecular complexity index is 1110. The van der Waals surface area contributed by atoms with E-state index in [1.165, 1.54) is 34.0 Å². The summed E-state index contributed by atoms with van der Waals surface area (Å²) in [5.41, 5.74) is 5.05. The third-order valence-electron chi connectivity index (χ3n) is 5.65. The Morgan fingerprint density at radius 3 is 3.00 bits per heavy atom. The molecule has 0 atom stereocenters. The first kappa shape index (κ1) is 18.3. The average Bonchev–Trinajstić information content (AvgIpc) is 3.31. The van der Waals surface area contributed by atoms with Crippen molar-refractivity contribution in [2.45, 2.75) is 25.3 Å². The second-order valence-corrected chi connectivity index (χ2v) is 9.67. The highest BCUT2D eigenvalue weighted by atomic mass is 32.2. The Labute approximate surface area is 173 Å². The number of nitrogens with zero attached hydrogens (tertiary/aromatic N) is 1. The van der Waals surface area contributed by atoms with Crippen LogP contribution in [0.5, 0.6) is 0 Å². The highest BCUT2D eigenvalue weighted by Crippen LogP contribution is 2.35. The summed E-state index contributed by atoms with van der Waals surface area (Å²) in [7, 11) is 0. The van der Waals surface area contributed by atoms with E-state index in [2.05, 4.69) is 52.5 Å². The Balaban J connectivity index is 1.18. The van der Waals surface area contributed by atoms with Crippen LogP contribution in [0.15, 0.2) is 48.7 Å². The van der Waals surface area contributed by atoms with Gasteiger partial charge in [0.25, 0.3) is 0 Å². The van der Waals surface area contributed by atoms with Crippen LogP contribution in [-0.2, 0) is 25.3 Å². The summed E-state index contributed by atoms with van der Waals surface area (Å²) in [6, 6.07) is 15.0. The van der Waals surface area contributed by atoms with Gasteiger partial charge >= 0.3 is 0 Å². The smallest absolute Gasteiger partial charge is 0.0682 e. The van der Waals surface area contributed by atoms with Crippen molar-refractivity contribution in [2.75, 3.05) is 18.8 Å². The SMILES string of the molecule is OCc1ccc2[nH]cc(CSCCN3CCc4c(sc5ccccc45)C3)c2c1. The number of aromatic amines is 1. The van der Waals surface area contributed by atoms with Crippen LogP contribution in [0.2, 0.25) is 0 Å². The molecule has 2 aromatic carbocycles. The molecule has 3 heterocycles. The molecule has 2 N–H and O–H groups in total. The molecule has 0 fully saturated rings. The molecule has 0 unspecified atom stereocenters. The van der Waals surface area contributed by atoms with Gasteiger partial charge in [-0.15, -0.1) is 11.3 Å². The topological polar surface area (TPSA) is 39.3 Å². The van der Waals surface area contributed by atoms with E-state index in [0.29, 0.717) is 0 Å². The minimum absolute atomic E-state index is 0.0996. The van der Waals surface area contributed by atoms with Gasteiger partial charge in [0.2, 0.25) is 0 Å². The molecule has 1 aliphatic rings. The lowest BCUT2D eigenvalue weighted by atomic mass is 10.0. The van der Waals surface area contributed by atoms with Gasteiger partial charge in [-0.25, -0.2) is 0 Å². The van der Waals surface area contributed by atoms with Crippen LogP contribution in [0.4, 0.5) is 0 Å². The van der Waals surface area contributed by atoms with E-state index in [-0.39, 0.29) is 6.61 Å². The fraction of sp³-hybridized carbons (Fsp3) is 0.304. The molecule has 1 aliphatic heterocycles. The van der Waals surface area contributed by atoms with Crippen LogP contribution in [0.3, 0.4) is 0 Å². The van der Waals surface area contributed by atoms with Gasteiger partial charge in [0, 0.05) is 57.8 Å². The predicted molar refractivity (Wildman–Crippen MR) is 121 cm³/mol. The van der Waals surface area contributed by atoms with Gasteiger partial charge in [0.1, 0.15) is 0 Å². The zero-order chi connectivity index (χ0) is 18.9. The van der Waals surface area contributed by atoms with Gasteiger partial charge < -0.3 is 10.1 Å². The van der Waals surface area contributed by atoms with Crippen molar-refractivity contribution in [3.05, 3.63) is 70.2 Å². The zero-order valence-electron chi connectivity index (χ0n) is 15.8. The first-order valence-electron chi connectivity index (χ1n) is 9.81. The third-order valence-corrected chi connectivity index (χ3v) is 7.84. The van der Waals surface area contributed by atoms with Crippen LogP contribution in [0, 0.1) is 0 Å². The number of aromatic nitrogens is 1. The van der Waals surface area contributed by atoms with Crippen molar-refractivity contribution in [2.24, 2.45) is 0 Å². The lowest BCUT2D eigenvalue weighted by molar-refractivity contribution is 0.274. The number of aliphatic hydroxyl groups is 1. The largest absolute Gasteiger partial charge is 0.392 e. The van der Waals surface area contributed by atoms with E-state index >= 15 is 0 Å². The van der Waals surface area contributed by atoms with Gasteiger partial charge in [-0.05, 0) is 46.7 Å². The van der Waals surface area contributed by atoms with E-state index in [1.54, 1.807) is 10.4 Å². The van der Waals surface area contributed by atoms with E-state index in [1.807, 2.05) is 29.2 Å². The summed E-state index contributed by atoms with van der Waals surface area (Å²) in [5.74, 6) is 2.16. The van der Waals surface area contributed by atoms with Crippen molar-refractivity contribution in [3.8, 4) is 0 Å². The minimum Gasteiger partial charge on any atom is -0.392 e. The molecule has 0 saturated heterocycles. The second-order valence-electron chi connectivity index (χ2n) is 7.43. The molecule has 4 aromatic rings. The van der Waals surface area contributed by atoms with Gasteiger partial charge in [0.15, 0.2) is 0 Å². The van der Waals surface area contributed by atoms with Crippen LogP contribution in [0.1, 0.15) is 21.6 Å². The number of H-pyrrole nitrogens is 1. The van der Waals surface area contributed by atoms with E-state index in [9.17, 15) is 5.11 Å². The van der Waals surface area contributed by atoms with Crippen LogP contribution < -0.4 is 0 Å². The second kappa shape index (κ2) is 7.91. The summed E-state index contributed by atoms with van der Waals surface area (Å²) in [4.78, 5) is 7.51. The van der Waals surface area contributed by atoms with Gasteiger partial charge in [-0.3, -0.25) is 4.90 Å². The maximum atomic E-state index is 9.38. The fourth-order valence-corrected chi connectivity index (χ4v) is 6.40. The fourth-order valence-electron chi connectivity index (χ4n) is 4.11. The van der Waals surface area contributed by atoms with Crippen molar-refractivity contribution in [1.82, 2.24) is 9.88 Å². The highest BCUT2D eigenvalue weighted by molar-refractivity contribution is 7.98. The monoisotopic (exact) mass is 408 g/mol. The Kier molecular flexibility index (Phi) is 5.16. The molecule has 5 heteroatoms. The van der Waals surface area contributed by atoms with E-state index in [0.717, 1.165) is 35.7 Å². The molecule has 0 radical (unpaired) electrons.